The maximum Gasteiger partial charge on any atom is 0.416 e. The van der Waals surface area contributed by atoms with Gasteiger partial charge in [-0.15, -0.1) is 0 Å². The zero-order valence-electron chi connectivity index (χ0n) is 20.1. The molecule has 1 aromatic heterocycles. The van der Waals surface area contributed by atoms with Gasteiger partial charge >= 0.3 is 6.18 Å². The van der Waals surface area contributed by atoms with Gasteiger partial charge in [-0.1, -0.05) is 23.2 Å². The number of imidazole rings is 1. The molecule has 36 heavy (non-hydrogen) atoms. The van der Waals surface area contributed by atoms with Gasteiger partial charge in [0.25, 0.3) is 5.91 Å². The molecule has 1 unspecified atom stereocenters. The molecule has 2 aromatic carbocycles. The molecule has 0 aliphatic carbocycles. The highest BCUT2D eigenvalue weighted by atomic mass is 35.5. The summed E-state index contributed by atoms with van der Waals surface area (Å²) in [6.45, 7) is 5.45. The lowest BCUT2D eigenvalue weighted by Crippen LogP contribution is -2.49. The van der Waals surface area contributed by atoms with E-state index in [1.54, 1.807) is 35.6 Å². The number of hydrogen-bond donors (Lipinski definition) is 0. The zero-order valence-corrected chi connectivity index (χ0v) is 21.6. The second kappa shape index (κ2) is 10.2. The number of nitrogens with zero attached hydrogens (tertiary/aromatic N) is 4. The third-order valence-corrected chi connectivity index (χ3v) is 7.30. The fourth-order valence-corrected chi connectivity index (χ4v) is 5.15. The number of amides is 1. The second-order valence-corrected chi connectivity index (χ2v) is 9.97. The summed E-state index contributed by atoms with van der Waals surface area (Å²) in [5, 5.41) is 0.519. The van der Waals surface area contributed by atoms with Gasteiger partial charge in [0.15, 0.2) is 0 Å². The number of hydrogen-bond acceptors (Lipinski definition) is 3. The van der Waals surface area contributed by atoms with E-state index in [-0.39, 0.29) is 22.9 Å². The summed E-state index contributed by atoms with van der Waals surface area (Å²) in [5.74, 6) is 0.219. The van der Waals surface area contributed by atoms with E-state index in [1.165, 1.54) is 6.92 Å². The molecule has 0 bridgehead atoms. The number of fused-ring (bicyclic) bond motifs is 1. The molecule has 0 N–H and O–H groups in total. The maximum absolute atomic E-state index is 13.3. The van der Waals surface area contributed by atoms with Crippen LogP contribution < -0.4 is 0 Å². The van der Waals surface area contributed by atoms with Crippen molar-refractivity contribution in [2.24, 2.45) is 7.05 Å². The molecule has 1 fully saturated rings. The fraction of sp³-hybridized carbons (Fsp3) is 0.440. The van der Waals surface area contributed by atoms with E-state index >= 15 is 0 Å². The van der Waals surface area contributed by atoms with Gasteiger partial charge in [0, 0.05) is 51.2 Å². The topological polar surface area (TPSA) is 41.4 Å². The van der Waals surface area contributed by atoms with Crippen LogP contribution in [0.5, 0.6) is 0 Å². The van der Waals surface area contributed by atoms with E-state index in [0.717, 1.165) is 12.1 Å². The number of alkyl halides is 4. The molecule has 1 amide bonds. The highest BCUT2D eigenvalue weighted by Gasteiger charge is 2.32. The smallest absolute Gasteiger partial charge is 0.336 e. The summed E-state index contributed by atoms with van der Waals surface area (Å²) in [6, 6.07) is 5.31. The Morgan fingerprint density at radius 3 is 2.42 bits per heavy atom. The Morgan fingerprint density at radius 1 is 1.14 bits per heavy atom. The molecule has 1 atom stereocenters. The van der Waals surface area contributed by atoms with Crippen LogP contribution in [0.3, 0.4) is 0 Å². The van der Waals surface area contributed by atoms with Crippen molar-refractivity contribution in [2.75, 3.05) is 32.7 Å². The van der Waals surface area contributed by atoms with E-state index in [9.17, 15) is 22.4 Å². The summed E-state index contributed by atoms with van der Waals surface area (Å²) < 4.78 is 54.8. The third-order valence-electron chi connectivity index (χ3n) is 6.52. The molecule has 0 radical (unpaired) electrons. The predicted octanol–water partition coefficient (Wildman–Crippen LogP) is 5.91. The van der Waals surface area contributed by atoms with Crippen LogP contribution in [0.1, 0.15) is 39.8 Å². The van der Waals surface area contributed by atoms with E-state index in [2.05, 4.69) is 4.98 Å². The lowest BCUT2D eigenvalue weighted by Gasteiger charge is -2.35. The van der Waals surface area contributed by atoms with Gasteiger partial charge in [-0.05, 0) is 49.2 Å². The van der Waals surface area contributed by atoms with Crippen molar-refractivity contribution < 1.29 is 22.4 Å². The molecule has 0 spiro atoms. The molecular formula is C25H26Cl2F4N4O. The Kier molecular flexibility index (Phi) is 7.55. The molecule has 3 aromatic rings. The van der Waals surface area contributed by atoms with E-state index in [1.807, 2.05) is 4.90 Å². The number of carbonyl (C=O) groups excluding carboxylic acids is 1. The van der Waals surface area contributed by atoms with E-state index < -0.39 is 17.9 Å². The van der Waals surface area contributed by atoms with Crippen LogP contribution in [-0.4, -0.2) is 64.2 Å². The first kappa shape index (κ1) is 26.7. The number of carbonyl (C=O) groups is 1. The normalized spacial score (nSPS) is 16.1. The molecule has 1 aliphatic rings. The van der Waals surface area contributed by atoms with Crippen LogP contribution in [-0.2, 0) is 19.6 Å². The van der Waals surface area contributed by atoms with Crippen LogP contribution in [0.15, 0.2) is 24.3 Å². The van der Waals surface area contributed by atoms with Gasteiger partial charge < -0.3 is 9.47 Å². The van der Waals surface area contributed by atoms with Crippen molar-refractivity contribution in [2.45, 2.75) is 32.6 Å². The quantitative estimate of drug-likeness (QED) is 0.375. The minimum absolute atomic E-state index is 0.132. The minimum atomic E-state index is -4.47. The maximum atomic E-state index is 13.3. The Hall–Kier alpha value is -2.36. The van der Waals surface area contributed by atoms with Gasteiger partial charge in [0.05, 0.1) is 27.2 Å². The lowest BCUT2D eigenvalue weighted by molar-refractivity contribution is -0.137. The van der Waals surface area contributed by atoms with Crippen molar-refractivity contribution in [1.82, 2.24) is 19.4 Å². The van der Waals surface area contributed by atoms with Crippen molar-refractivity contribution in [1.29, 1.82) is 0 Å². The summed E-state index contributed by atoms with van der Waals surface area (Å²) in [4.78, 5) is 21.4. The predicted molar refractivity (Wildman–Crippen MR) is 133 cm³/mol. The van der Waals surface area contributed by atoms with Crippen LogP contribution in [0.2, 0.25) is 10.0 Å². The number of benzene rings is 2. The first-order chi connectivity index (χ1) is 16.9. The van der Waals surface area contributed by atoms with Crippen LogP contribution in [0.4, 0.5) is 17.6 Å². The highest BCUT2D eigenvalue weighted by molar-refractivity contribution is 6.38. The largest absolute Gasteiger partial charge is 0.416 e. The number of halogens is 6. The molecule has 4 rings (SSSR count). The molecule has 11 heteroatoms. The number of aryl methyl sites for hydroxylation is 2. The number of aromatic nitrogens is 2. The molecule has 0 saturated carbocycles. The van der Waals surface area contributed by atoms with E-state index in [0.29, 0.717) is 65.7 Å². The molecule has 1 aliphatic heterocycles. The van der Waals surface area contributed by atoms with Gasteiger partial charge in [0.2, 0.25) is 0 Å². The van der Waals surface area contributed by atoms with Crippen molar-refractivity contribution in [3.63, 3.8) is 0 Å². The standard InChI is InChI=1S/C25H26Cl2F4N4O/c1-14-10-16(25(29,30)31)11-20-23(14)32-21(33(20)3)12-18-19(26)5-4-17(22(18)27)24(36)35-8-6-34(7-9-35)13-15(2)28/h4-5,10-11,15H,6-9,12-13H2,1-3H3. The van der Waals surface area contributed by atoms with Gasteiger partial charge in [-0.25, -0.2) is 9.37 Å². The summed E-state index contributed by atoms with van der Waals surface area (Å²) in [5.41, 5.74) is 1.23. The molecule has 1 saturated heterocycles. The first-order valence-corrected chi connectivity index (χ1v) is 12.3. The summed E-state index contributed by atoms with van der Waals surface area (Å²) in [7, 11) is 1.64. The lowest BCUT2D eigenvalue weighted by atomic mass is 10.1. The monoisotopic (exact) mass is 544 g/mol. The zero-order chi connectivity index (χ0) is 26.4. The Morgan fingerprint density at radius 2 is 1.81 bits per heavy atom. The second-order valence-electron chi connectivity index (χ2n) is 9.18. The molecular weight excluding hydrogens is 519 g/mol. The van der Waals surface area contributed by atoms with Gasteiger partial charge in [-0.3, -0.25) is 9.69 Å². The van der Waals surface area contributed by atoms with Gasteiger partial charge in [0.1, 0.15) is 12.0 Å². The van der Waals surface area contributed by atoms with Crippen molar-refractivity contribution in [3.05, 3.63) is 62.4 Å². The van der Waals surface area contributed by atoms with Crippen molar-refractivity contribution in [3.8, 4) is 0 Å². The molecule has 2 heterocycles. The van der Waals surface area contributed by atoms with Gasteiger partial charge in [-0.2, -0.15) is 13.2 Å². The minimum Gasteiger partial charge on any atom is -0.336 e. The van der Waals surface area contributed by atoms with E-state index in [4.69, 9.17) is 23.2 Å². The molecule has 5 nitrogen and oxygen atoms in total. The number of piperazine rings is 1. The third kappa shape index (κ3) is 5.33. The Labute approximate surface area is 216 Å². The average Bonchev–Trinajstić information content (AvgIpc) is 3.12. The SMILES string of the molecule is Cc1cc(C(F)(F)F)cc2c1nc(Cc1c(Cl)ccc(C(=O)N3CCN(CC(C)F)CC3)c1Cl)n2C. The van der Waals surface area contributed by atoms with Crippen LogP contribution in [0, 0.1) is 6.92 Å². The summed E-state index contributed by atoms with van der Waals surface area (Å²) in [6.07, 6.45) is -5.28. The first-order valence-electron chi connectivity index (χ1n) is 11.5. The van der Waals surface area contributed by atoms with Crippen LogP contribution >= 0.6 is 23.2 Å². The van der Waals surface area contributed by atoms with Crippen molar-refractivity contribution >= 4 is 40.1 Å². The average molecular weight is 545 g/mol. The number of rotatable bonds is 5. The Bertz CT molecular complexity index is 1300. The Balaban J connectivity index is 1.62. The van der Waals surface area contributed by atoms with Crippen LogP contribution in [0.25, 0.3) is 11.0 Å². The fourth-order valence-electron chi connectivity index (χ4n) is 4.57. The molecule has 194 valence electrons. The highest BCUT2D eigenvalue weighted by Crippen LogP contribution is 2.35. The summed E-state index contributed by atoms with van der Waals surface area (Å²) >= 11 is 13.1.